The zero-order valence-electron chi connectivity index (χ0n) is 11.5. The highest BCUT2D eigenvalue weighted by Crippen LogP contribution is 2.57. The van der Waals surface area contributed by atoms with Gasteiger partial charge in [-0.3, -0.25) is 14.5 Å². The molecule has 22 heavy (non-hydrogen) atoms. The Kier molecular flexibility index (Phi) is 2.12. The van der Waals surface area contributed by atoms with Crippen LogP contribution in [0, 0.1) is 11.8 Å². The van der Waals surface area contributed by atoms with Crippen molar-refractivity contribution in [3.8, 4) is 0 Å². The number of carboxylic acid groups (broad SMARTS) is 1. The molecule has 4 aliphatic heterocycles. The summed E-state index contributed by atoms with van der Waals surface area (Å²) in [6, 6.07) is 7.53. The van der Waals surface area contributed by atoms with E-state index in [1.54, 1.807) is 11.0 Å². The minimum absolute atomic E-state index is 0.226. The summed E-state index contributed by atoms with van der Waals surface area (Å²) in [6.45, 7) is 0.388. The first kappa shape index (κ1) is 12.4. The smallest absolute Gasteiger partial charge is 0.310 e. The molecule has 5 rings (SSSR count). The summed E-state index contributed by atoms with van der Waals surface area (Å²) in [5.74, 6) is -2.80. The fraction of sp³-hybridized carbons (Fsp3) is 0.375. The summed E-state index contributed by atoms with van der Waals surface area (Å²) in [5.41, 5.74) is 0.740. The lowest BCUT2D eigenvalue weighted by Crippen LogP contribution is -2.49. The van der Waals surface area contributed by atoms with Gasteiger partial charge in [0.25, 0.3) is 0 Å². The zero-order valence-corrected chi connectivity index (χ0v) is 11.5. The minimum atomic E-state index is -0.997. The summed E-state index contributed by atoms with van der Waals surface area (Å²) >= 11 is 0. The van der Waals surface area contributed by atoms with Gasteiger partial charge in [-0.15, -0.1) is 0 Å². The normalized spacial score (nSPS) is 40.5. The number of hydrogen-bond acceptors (Lipinski definition) is 4. The van der Waals surface area contributed by atoms with Gasteiger partial charge >= 0.3 is 5.97 Å². The molecule has 112 valence electrons. The molecule has 1 amide bonds. The van der Waals surface area contributed by atoms with Gasteiger partial charge in [-0.2, -0.15) is 0 Å². The first-order valence-corrected chi connectivity index (χ1v) is 7.26. The van der Waals surface area contributed by atoms with Gasteiger partial charge in [0.2, 0.25) is 5.91 Å². The third kappa shape index (κ3) is 1.20. The predicted octanol–water partition coefficient (Wildman–Crippen LogP) is 0.914. The van der Waals surface area contributed by atoms with Crippen LogP contribution in [0.3, 0.4) is 0 Å². The molecule has 1 aromatic rings. The topological polar surface area (TPSA) is 76.1 Å². The maximum Gasteiger partial charge on any atom is 0.310 e. The maximum absolute atomic E-state index is 13.0. The van der Waals surface area contributed by atoms with E-state index in [1.807, 2.05) is 30.3 Å². The van der Waals surface area contributed by atoms with Crippen molar-refractivity contribution in [3.63, 3.8) is 0 Å². The van der Waals surface area contributed by atoms with Gasteiger partial charge in [0, 0.05) is 5.56 Å². The number of rotatable bonds is 1. The van der Waals surface area contributed by atoms with Crippen LogP contribution in [0.15, 0.2) is 36.4 Å². The van der Waals surface area contributed by atoms with E-state index in [9.17, 15) is 14.7 Å². The number of aliphatic carboxylic acids is 1. The Labute approximate surface area is 125 Å². The predicted molar refractivity (Wildman–Crippen MR) is 73.9 cm³/mol. The maximum atomic E-state index is 13.0. The fourth-order valence-electron chi connectivity index (χ4n) is 4.28. The third-order valence-corrected chi connectivity index (χ3v) is 5.14. The number of anilines is 1. The number of fused-ring (bicyclic) bond motifs is 4. The van der Waals surface area contributed by atoms with E-state index in [0.29, 0.717) is 6.61 Å². The highest BCUT2D eigenvalue weighted by molar-refractivity contribution is 6.03. The molecule has 0 unspecified atom stereocenters. The van der Waals surface area contributed by atoms with Crippen LogP contribution in [0.2, 0.25) is 0 Å². The second kappa shape index (κ2) is 3.77. The van der Waals surface area contributed by atoms with Crippen molar-refractivity contribution in [1.82, 2.24) is 0 Å². The van der Waals surface area contributed by atoms with Gasteiger partial charge in [0.05, 0.1) is 24.3 Å². The third-order valence-electron chi connectivity index (χ3n) is 5.14. The average molecular weight is 299 g/mol. The molecule has 1 spiro atoms. The van der Waals surface area contributed by atoms with E-state index in [1.165, 1.54) is 0 Å². The first-order chi connectivity index (χ1) is 10.6. The monoisotopic (exact) mass is 299 g/mol. The van der Waals surface area contributed by atoms with Crippen LogP contribution in [0.1, 0.15) is 5.56 Å². The number of carboxylic acids is 1. The molecule has 4 heterocycles. The Morgan fingerprint density at radius 3 is 3.00 bits per heavy atom. The van der Waals surface area contributed by atoms with Crippen LogP contribution in [0.25, 0.3) is 0 Å². The van der Waals surface area contributed by atoms with E-state index in [0.717, 1.165) is 11.3 Å². The number of ether oxygens (including phenoxy) is 2. The lowest BCUT2D eigenvalue weighted by molar-refractivity contribution is -0.146. The quantitative estimate of drug-likeness (QED) is 0.780. The van der Waals surface area contributed by atoms with Crippen molar-refractivity contribution in [1.29, 1.82) is 0 Å². The van der Waals surface area contributed by atoms with E-state index < -0.39 is 35.7 Å². The van der Waals surface area contributed by atoms with Crippen molar-refractivity contribution >= 4 is 17.6 Å². The van der Waals surface area contributed by atoms with Crippen LogP contribution in [-0.4, -0.2) is 34.9 Å². The highest BCUT2D eigenvalue weighted by atomic mass is 16.6. The molecule has 0 aliphatic carbocycles. The number of carbonyl (C=O) groups is 2. The molecular formula is C16H13NO5. The second-order valence-corrected chi connectivity index (χ2v) is 6.14. The molecular weight excluding hydrogens is 286 g/mol. The highest BCUT2D eigenvalue weighted by Gasteiger charge is 2.72. The van der Waals surface area contributed by atoms with Crippen molar-refractivity contribution in [2.24, 2.45) is 11.8 Å². The molecule has 2 saturated heterocycles. The number of carbonyl (C=O) groups excluding carboxylic acids is 1. The summed E-state index contributed by atoms with van der Waals surface area (Å²) in [7, 11) is 0. The van der Waals surface area contributed by atoms with Crippen molar-refractivity contribution in [3.05, 3.63) is 42.0 Å². The Balaban J connectivity index is 1.69. The van der Waals surface area contributed by atoms with Crippen molar-refractivity contribution in [2.45, 2.75) is 24.5 Å². The average Bonchev–Trinajstić information content (AvgIpc) is 3.16. The van der Waals surface area contributed by atoms with Gasteiger partial charge in [-0.1, -0.05) is 24.3 Å². The molecule has 1 N–H and O–H groups in total. The summed E-state index contributed by atoms with van der Waals surface area (Å²) in [6.07, 6.45) is 2.42. The van der Waals surface area contributed by atoms with Gasteiger partial charge in [0.15, 0.2) is 6.23 Å². The Morgan fingerprint density at radius 2 is 2.18 bits per heavy atom. The molecule has 5 atom stereocenters. The van der Waals surface area contributed by atoms with Gasteiger partial charge in [0.1, 0.15) is 11.5 Å². The number of hydrogen-bond donors (Lipinski definition) is 1. The zero-order chi connectivity index (χ0) is 15.1. The summed E-state index contributed by atoms with van der Waals surface area (Å²) in [4.78, 5) is 26.1. The molecule has 0 saturated carbocycles. The Hall–Kier alpha value is -2.18. The summed E-state index contributed by atoms with van der Waals surface area (Å²) in [5, 5.41) is 9.50. The Bertz CT molecular complexity index is 744. The van der Waals surface area contributed by atoms with Crippen LogP contribution >= 0.6 is 0 Å². The lowest BCUT2D eigenvalue weighted by Gasteiger charge is -2.37. The van der Waals surface area contributed by atoms with E-state index in [-0.39, 0.29) is 5.91 Å². The van der Waals surface area contributed by atoms with Crippen molar-refractivity contribution < 1.29 is 24.2 Å². The van der Waals surface area contributed by atoms with Crippen LogP contribution in [0.5, 0.6) is 0 Å². The largest absolute Gasteiger partial charge is 0.481 e. The van der Waals surface area contributed by atoms with E-state index >= 15 is 0 Å². The SMILES string of the molecule is O=C(O)[C@H]1[C@@H]2C=C[C@@]3(O2)[C@H]1C(=O)N1c2ccccc2CO[C@@H]13. The standard InChI is InChI=1S/C16H13NO5/c18-13-12-11(14(19)20)10-5-6-16(12,22-10)15-17(13)9-4-2-1-3-8(9)7-21-15/h1-6,10-12,15H,7H2,(H,19,20)/t10-,11-,12+,15+,16+/m0/s1. The van der Waals surface area contributed by atoms with Gasteiger partial charge in [-0.25, -0.2) is 0 Å². The first-order valence-electron chi connectivity index (χ1n) is 7.26. The molecule has 4 aliphatic rings. The molecule has 1 aromatic carbocycles. The fourth-order valence-corrected chi connectivity index (χ4v) is 4.28. The minimum Gasteiger partial charge on any atom is -0.481 e. The molecule has 2 bridgehead atoms. The lowest BCUT2D eigenvalue weighted by atomic mass is 9.76. The van der Waals surface area contributed by atoms with Crippen LogP contribution < -0.4 is 4.90 Å². The van der Waals surface area contributed by atoms with E-state index in [2.05, 4.69) is 0 Å². The van der Waals surface area contributed by atoms with Crippen LogP contribution in [0.4, 0.5) is 5.69 Å². The van der Waals surface area contributed by atoms with Gasteiger partial charge in [-0.05, 0) is 12.1 Å². The number of nitrogens with zero attached hydrogens (tertiary/aromatic N) is 1. The number of benzene rings is 1. The van der Waals surface area contributed by atoms with Gasteiger partial charge < -0.3 is 14.6 Å². The molecule has 6 nitrogen and oxygen atoms in total. The molecule has 2 fully saturated rings. The number of amides is 1. The van der Waals surface area contributed by atoms with Crippen LogP contribution in [-0.2, 0) is 25.7 Å². The molecule has 0 aromatic heterocycles. The molecule has 6 heteroatoms. The van der Waals surface area contributed by atoms with Crippen molar-refractivity contribution in [2.75, 3.05) is 4.90 Å². The number of para-hydroxylation sites is 1. The summed E-state index contributed by atoms with van der Waals surface area (Å²) < 4.78 is 11.8. The Morgan fingerprint density at radius 1 is 1.36 bits per heavy atom. The second-order valence-electron chi connectivity index (χ2n) is 6.14. The van der Waals surface area contributed by atoms with E-state index in [4.69, 9.17) is 9.47 Å². The molecule has 0 radical (unpaired) electrons.